The molecule has 2 aromatic rings. The standard InChI is InChI=1S/C13H12N2O5S/c16-11(15-7-21-6-9(15)12(17)18)5-14-8-3-1-2-4-10(8)20-13(14)19/h1-4,9H,5-7H2,(H,17,18)/t9-/m0/s1. The van der Waals surface area contributed by atoms with Crippen LogP contribution in [0.2, 0.25) is 0 Å². The Hall–Kier alpha value is -2.22. The molecule has 1 saturated heterocycles. The van der Waals surface area contributed by atoms with Crippen LogP contribution in [0.15, 0.2) is 33.5 Å². The van der Waals surface area contributed by atoms with E-state index >= 15 is 0 Å². The molecule has 8 heteroatoms. The van der Waals surface area contributed by atoms with Crippen LogP contribution in [0.1, 0.15) is 0 Å². The molecule has 1 aromatic heterocycles. The second kappa shape index (κ2) is 5.28. The van der Waals surface area contributed by atoms with Crippen molar-refractivity contribution in [2.75, 3.05) is 11.6 Å². The summed E-state index contributed by atoms with van der Waals surface area (Å²) in [6, 6.07) is 5.96. The highest BCUT2D eigenvalue weighted by atomic mass is 32.2. The van der Waals surface area contributed by atoms with Crippen molar-refractivity contribution < 1.29 is 19.1 Å². The molecule has 0 saturated carbocycles. The molecule has 21 heavy (non-hydrogen) atoms. The molecule has 1 amide bonds. The number of thioether (sulfide) groups is 1. The maximum atomic E-state index is 12.3. The predicted molar refractivity (Wildman–Crippen MR) is 76.1 cm³/mol. The number of fused-ring (bicyclic) bond motifs is 1. The summed E-state index contributed by atoms with van der Waals surface area (Å²) in [5.41, 5.74) is 0.926. The number of hydrogen-bond acceptors (Lipinski definition) is 5. The molecule has 1 atom stereocenters. The Morgan fingerprint density at radius 3 is 2.90 bits per heavy atom. The molecule has 1 aliphatic rings. The van der Waals surface area contributed by atoms with Gasteiger partial charge >= 0.3 is 11.7 Å². The van der Waals surface area contributed by atoms with Crippen molar-refractivity contribution in [3.63, 3.8) is 0 Å². The molecule has 0 aliphatic carbocycles. The first-order chi connectivity index (χ1) is 10.1. The van der Waals surface area contributed by atoms with Crippen LogP contribution in [0.4, 0.5) is 0 Å². The van der Waals surface area contributed by atoms with Crippen LogP contribution in [0, 0.1) is 0 Å². The summed E-state index contributed by atoms with van der Waals surface area (Å²) in [4.78, 5) is 36.5. The van der Waals surface area contributed by atoms with Gasteiger partial charge in [0.1, 0.15) is 12.6 Å². The summed E-state index contributed by atoms with van der Waals surface area (Å²) >= 11 is 1.38. The van der Waals surface area contributed by atoms with Crippen molar-refractivity contribution >= 4 is 34.7 Å². The number of carbonyl (C=O) groups is 2. The third-order valence-corrected chi connectivity index (χ3v) is 4.37. The number of carboxylic acid groups (broad SMARTS) is 1. The Morgan fingerprint density at radius 2 is 2.14 bits per heavy atom. The first kappa shape index (κ1) is 13.7. The third-order valence-electron chi connectivity index (χ3n) is 3.35. The summed E-state index contributed by atoms with van der Waals surface area (Å²) in [7, 11) is 0. The van der Waals surface area contributed by atoms with Gasteiger partial charge in [-0.05, 0) is 12.1 Å². The normalized spacial score (nSPS) is 18.3. The van der Waals surface area contributed by atoms with Crippen molar-refractivity contribution in [1.82, 2.24) is 9.47 Å². The number of aliphatic carboxylic acids is 1. The minimum Gasteiger partial charge on any atom is -0.480 e. The highest BCUT2D eigenvalue weighted by Crippen LogP contribution is 2.22. The van der Waals surface area contributed by atoms with Crippen molar-refractivity contribution in [1.29, 1.82) is 0 Å². The van der Waals surface area contributed by atoms with Gasteiger partial charge in [0.25, 0.3) is 0 Å². The smallest absolute Gasteiger partial charge is 0.420 e. The lowest BCUT2D eigenvalue weighted by atomic mass is 10.3. The van der Waals surface area contributed by atoms with Gasteiger partial charge in [-0.25, -0.2) is 9.59 Å². The fraction of sp³-hybridized carbons (Fsp3) is 0.308. The summed E-state index contributed by atoms with van der Waals surface area (Å²) in [5, 5.41) is 9.09. The van der Waals surface area contributed by atoms with E-state index in [1.165, 1.54) is 21.2 Å². The van der Waals surface area contributed by atoms with Gasteiger partial charge < -0.3 is 14.4 Å². The monoisotopic (exact) mass is 308 g/mol. The second-order valence-electron chi connectivity index (χ2n) is 4.64. The van der Waals surface area contributed by atoms with Gasteiger partial charge in [0.05, 0.1) is 11.4 Å². The zero-order valence-corrected chi connectivity index (χ0v) is 11.7. The van der Waals surface area contributed by atoms with E-state index in [-0.39, 0.29) is 6.54 Å². The van der Waals surface area contributed by atoms with Crippen molar-refractivity contribution in [3.05, 3.63) is 34.8 Å². The van der Waals surface area contributed by atoms with Gasteiger partial charge in [0, 0.05) is 5.75 Å². The fourth-order valence-electron chi connectivity index (χ4n) is 2.28. The average molecular weight is 308 g/mol. The van der Waals surface area contributed by atoms with Crippen LogP contribution in [0.5, 0.6) is 0 Å². The number of hydrogen-bond donors (Lipinski definition) is 1. The van der Waals surface area contributed by atoms with Crippen LogP contribution in [0.25, 0.3) is 11.1 Å². The predicted octanol–water partition coefficient (Wildman–Crippen LogP) is 0.581. The van der Waals surface area contributed by atoms with Gasteiger partial charge in [-0.1, -0.05) is 12.1 Å². The van der Waals surface area contributed by atoms with Crippen molar-refractivity contribution in [2.24, 2.45) is 0 Å². The second-order valence-corrected chi connectivity index (χ2v) is 5.64. The first-order valence-electron chi connectivity index (χ1n) is 6.26. The Bertz CT molecular complexity index is 765. The van der Waals surface area contributed by atoms with Crippen LogP contribution >= 0.6 is 11.8 Å². The summed E-state index contributed by atoms with van der Waals surface area (Å²) < 4.78 is 6.27. The quantitative estimate of drug-likeness (QED) is 0.891. The first-order valence-corrected chi connectivity index (χ1v) is 7.42. The zero-order valence-electron chi connectivity index (χ0n) is 10.9. The molecule has 3 rings (SSSR count). The molecule has 0 unspecified atom stereocenters. The molecule has 7 nitrogen and oxygen atoms in total. The molecular weight excluding hydrogens is 296 g/mol. The Morgan fingerprint density at radius 1 is 1.38 bits per heavy atom. The molecular formula is C13H12N2O5S. The average Bonchev–Trinajstić information content (AvgIpc) is 3.04. The Labute approximate surface area is 123 Å². The van der Waals surface area contributed by atoms with Gasteiger partial charge in [-0.2, -0.15) is 0 Å². The maximum absolute atomic E-state index is 12.3. The fourth-order valence-corrected chi connectivity index (χ4v) is 3.45. The summed E-state index contributed by atoms with van der Waals surface area (Å²) in [5.74, 6) is -1.37. The van der Waals surface area contributed by atoms with E-state index < -0.39 is 23.7 Å². The van der Waals surface area contributed by atoms with E-state index in [0.29, 0.717) is 22.7 Å². The molecule has 110 valence electrons. The molecule has 0 bridgehead atoms. The number of carbonyl (C=O) groups excluding carboxylic acids is 1. The molecule has 1 fully saturated rings. The molecule has 2 heterocycles. The van der Waals surface area contributed by atoms with E-state index in [1.54, 1.807) is 24.3 Å². The van der Waals surface area contributed by atoms with Gasteiger partial charge in [0.15, 0.2) is 5.58 Å². The SMILES string of the molecule is O=C(O)[C@@H]1CSCN1C(=O)Cn1c(=O)oc2ccccc21. The Balaban J connectivity index is 1.88. The lowest BCUT2D eigenvalue weighted by Crippen LogP contribution is -2.43. The molecule has 1 aromatic carbocycles. The summed E-state index contributed by atoms with van der Waals surface area (Å²) in [6.07, 6.45) is 0. The van der Waals surface area contributed by atoms with Gasteiger partial charge in [-0.15, -0.1) is 11.8 Å². The minimum absolute atomic E-state index is 0.222. The largest absolute Gasteiger partial charge is 0.480 e. The third kappa shape index (κ3) is 2.42. The van der Waals surface area contributed by atoms with E-state index in [0.717, 1.165) is 0 Å². The number of rotatable bonds is 3. The maximum Gasteiger partial charge on any atom is 0.420 e. The Kier molecular flexibility index (Phi) is 3.46. The lowest BCUT2D eigenvalue weighted by Gasteiger charge is -2.20. The van der Waals surface area contributed by atoms with Crippen LogP contribution < -0.4 is 5.76 Å². The number of para-hydroxylation sites is 2. The van der Waals surface area contributed by atoms with Crippen LogP contribution in [0.3, 0.4) is 0 Å². The van der Waals surface area contributed by atoms with Crippen molar-refractivity contribution in [2.45, 2.75) is 12.6 Å². The highest BCUT2D eigenvalue weighted by molar-refractivity contribution is 7.99. The number of carboxylic acids is 1. The van der Waals surface area contributed by atoms with Gasteiger partial charge in [0.2, 0.25) is 5.91 Å². The van der Waals surface area contributed by atoms with Crippen LogP contribution in [-0.2, 0) is 16.1 Å². The number of oxazole rings is 1. The molecule has 0 radical (unpaired) electrons. The lowest BCUT2D eigenvalue weighted by molar-refractivity contribution is -0.148. The number of nitrogens with zero attached hydrogens (tertiary/aromatic N) is 2. The summed E-state index contributed by atoms with van der Waals surface area (Å²) in [6.45, 7) is -0.222. The van der Waals surface area contributed by atoms with E-state index in [4.69, 9.17) is 9.52 Å². The zero-order chi connectivity index (χ0) is 15.0. The number of aromatic nitrogens is 1. The number of amides is 1. The highest BCUT2D eigenvalue weighted by Gasteiger charge is 2.34. The minimum atomic E-state index is -1.03. The number of benzene rings is 1. The van der Waals surface area contributed by atoms with E-state index in [2.05, 4.69) is 0 Å². The molecule has 1 N–H and O–H groups in total. The van der Waals surface area contributed by atoms with Crippen molar-refractivity contribution in [3.8, 4) is 0 Å². The van der Waals surface area contributed by atoms with Gasteiger partial charge in [-0.3, -0.25) is 9.36 Å². The van der Waals surface area contributed by atoms with Crippen LogP contribution in [-0.4, -0.2) is 44.1 Å². The van der Waals surface area contributed by atoms with E-state index in [1.807, 2.05) is 0 Å². The van der Waals surface area contributed by atoms with E-state index in [9.17, 15) is 14.4 Å². The molecule has 1 aliphatic heterocycles. The molecule has 0 spiro atoms. The topological polar surface area (TPSA) is 92.8 Å².